The third-order valence-corrected chi connectivity index (χ3v) is 6.18. The van der Waals surface area contributed by atoms with E-state index in [4.69, 9.17) is 9.47 Å². The van der Waals surface area contributed by atoms with Crippen molar-refractivity contribution in [1.82, 2.24) is 0 Å². The summed E-state index contributed by atoms with van der Waals surface area (Å²) >= 11 is 0. The van der Waals surface area contributed by atoms with E-state index in [1.165, 1.54) is 4.90 Å². The molecule has 6 heteroatoms. The topological polar surface area (TPSA) is 76.1 Å². The van der Waals surface area contributed by atoms with E-state index in [1.807, 2.05) is 64.1 Å². The molecule has 3 aromatic rings. The van der Waals surface area contributed by atoms with Gasteiger partial charge in [-0.3, -0.25) is 14.5 Å². The predicted octanol–water partition coefficient (Wildman–Crippen LogP) is 5.65. The molecule has 180 valence electrons. The predicted molar refractivity (Wildman–Crippen MR) is 136 cm³/mol. The highest BCUT2D eigenvalue weighted by Crippen LogP contribution is 2.44. The van der Waals surface area contributed by atoms with Crippen LogP contribution >= 0.6 is 0 Å². The van der Waals surface area contributed by atoms with Crippen molar-refractivity contribution in [2.75, 3.05) is 18.6 Å². The first kappa shape index (κ1) is 24.1. The Morgan fingerprint density at radius 3 is 2.37 bits per heavy atom. The van der Waals surface area contributed by atoms with Gasteiger partial charge in [0, 0.05) is 11.3 Å². The smallest absolute Gasteiger partial charge is 0.300 e. The molecule has 1 N–H and O–H groups in total. The molecule has 0 radical (unpaired) electrons. The van der Waals surface area contributed by atoms with Crippen LogP contribution in [-0.2, 0) is 9.59 Å². The van der Waals surface area contributed by atoms with Crippen LogP contribution in [0.2, 0.25) is 0 Å². The molecular formula is C29H29NO5. The third-order valence-electron chi connectivity index (χ3n) is 6.18. The van der Waals surface area contributed by atoms with E-state index in [0.717, 1.165) is 16.7 Å². The number of ketones is 1. The summed E-state index contributed by atoms with van der Waals surface area (Å²) in [6, 6.07) is 17.5. The van der Waals surface area contributed by atoms with Gasteiger partial charge in [0.2, 0.25) is 0 Å². The van der Waals surface area contributed by atoms with Crippen LogP contribution in [0.25, 0.3) is 5.76 Å². The van der Waals surface area contributed by atoms with Gasteiger partial charge in [-0.25, -0.2) is 0 Å². The monoisotopic (exact) mass is 471 g/mol. The number of methoxy groups -OCH3 is 1. The maximum Gasteiger partial charge on any atom is 0.300 e. The van der Waals surface area contributed by atoms with Crippen LogP contribution in [0.15, 0.2) is 66.2 Å². The molecule has 4 rings (SSSR count). The van der Waals surface area contributed by atoms with E-state index in [9.17, 15) is 14.7 Å². The summed E-state index contributed by atoms with van der Waals surface area (Å²) in [7, 11) is 1.55. The molecule has 35 heavy (non-hydrogen) atoms. The van der Waals surface area contributed by atoms with Gasteiger partial charge in [0.1, 0.15) is 5.76 Å². The van der Waals surface area contributed by atoms with Crippen molar-refractivity contribution in [2.24, 2.45) is 0 Å². The van der Waals surface area contributed by atoms with Gasteiger partial charge in [-0.2, -0.15) is 0 Å². The molecule has 0 saturated carbocycles. The molecular weight excluding hydrogens is 442 g/mol. The van der Waals surface area contributed by atoms with Crippen LogP contribution in [0.5, 0.6) is 11.5 Å². The molecule has 1 aliphatic rings. The Bertz CT molecular complexity index is 1340. The number of hydrogen-bond donors (Lipinski definition) is 1. The number of aliphatic hydroxyl groups excluding tert-OH is 1. The SMILES string of the molecule is CCOc1cc(C2/C(=C(\O)c3cc(C)ccc3C)C(=O)C(=O)N2c2cccc(C)c2)ccc1OC. The maximum absolute atomic E-state index is 13.4. The molecule has 0 aromatic heterocycles. The zero-order valence-corrected chi connectivity index (χ0v) is 20.6. The highest BCUT2D eigenvalue weighted by Gasteiger charge is 2.47. The van der Waals surface area contributed by atoms with Crippen LogP contribution in [0, 0.1) is 20.8 Å². The molecule has 0 spiro atoms. The first-order valence-corrected chi connectivity index (χ1v) is 11.5. The molecule has 6 nitrogen and oxygen atoms in total. The van der Waals surface area contributed by atoms with Gasteiger partial charge in [0.15, 0.2) is 11.5 Å². The third kappa shape index (κ3) is 4.39. The van der Waals surface area contributed by atoms with Crippen molar-refractivity contribution in [1.29, 1.82) is 0 Å². The Balaban J connectivity index is 2.00. The van der Waals surface area contributed by atoms with Crippen LogP contribution in [-0.4, -0.2) is 30.5 Å². The highest BCUT2D eigenvalue weighted by atomic mass is 16.5. The summed E-state index contributed by atoms with van der Waals surface area (Å²) in [5.41, 5.74) is 4.45. The lowest BCUT2D eigenvalue weighted by atomic mass is 9.93. The number of ether oxygens (including phenoxy) is 2. The maximum atomic E-state index is 13.4. The summed E-state index contributed by atoms with van der Waals surface area (Å²) < 4.78 is 11.2. The lowest BCUT2D eigenvalue weighted by Gasteiger charge is -2.26. The largest absolute Gasteiger partial charge is 0.507 e. The number of rotatable bonds is 6. The fourth-order valence-electron chi connectivity index (χ4n) is 4.46. The minimum atomic E-state index is -0.846. The molecule has 3 aromatic carbocycles. The van der Waals surface area contributed by atoms with Gasteiger partial charge in [0.05, 0.1) is 25.3 Å². The number of benzene rings is 3. The van der Waals surface area contributed by atoms with Crippen molar-refractivity contribution >= 4 is 23.1 Å². The summed E-state index contributed by atoms with van der Waals surface area (Å²) in [4.78, 5) is 28.3. The first-order chi connectivity index (χ1) is 16.8. The quantitative estimate of drug-likeness (QED) is 0.286. The summed E-state index contributed by atoms with van der Waals surface area (Å²) in [6.45, 7) is 7.98. The Morgan fingerprint density at radius 1 is 0.943 bits per heavy atom. The lowest BCUT2D eigenvalue weighted by molar-refractivity contribution is -0.132. The zero-order valence-electron chi connectivity index (χ0n) is 20.6. The standard InChI is InChI=1S/C29H29NO5/c1-6-35-24-16-20(12-13-23(24)34-5)26-25(27(31)22-15-18(3)10-11-19(22)4)28(32)29(33)30(26)21-9-7-8-17(2)14-21/h7-16,26,31H,6H2,1-5H3/b27-25+. The highest BCUT2D eigenvalue weighted by molar-refractivity contribution is 6.51. The number of carbonyl (C=O) groups excluding carboxylic acids is 2. The number of nitrogens with zero attached hydrogens (tertiary/aromatic N) is 1. The van der Waals surface area contributed by atoms with Gasteiger partial charge >= 0.3 is 0 Å². The van der Waals surface area contributed by atoms with Crippen molar-refractivity contribution in [3.63, 3.8) is 0 Å². The molecule has 1 saturated heterocycles. The number of aryl methyl sites for hydroxylation is 3. The zero-order chi connectivity index (χ0) is 25.3. The van der Waals surface area contributed by atoms with Gasteiger partial charge in [-0.1, -0.05) is 35.9 Å². The van der Waals surface area contributed by atoms with Gasteiger partial charge in [-0.05, 0) is 74.7 Å². The van der Waals surface area contributed by atoms with Crippen LogP contribution in [0.4, 0.5) is 5.69 Å². The second-order valence-corrected chi connectivity index (χ2v) is 8.67. The van der Waals surface area contributed by atoms with Crippen LogP contribution < -0.4 is 14.4 Å². The number of Topliss-reactive ketones (excluding diaryl/α,β-unsaturated/α-hetero) is 1. The van der Waals surface area contributed by atoms with Crippen molar-refractivity contribution in [3.8, 4) is 11.5 Å². The summed E-state index contributed by atoms with van der Waals surface area (Å²) in [6.07, 6.45) is 0. The molecule has 1 heterocycles. The van der Waals surface area contributed by atoms with Crippen LogP contribution in [0.3, 0.4) is 0 Å². The molecule has 1 fully saturated rings. The van der Waals surface area contributed by atoms with Crippen molar-refractivity contribution in [2.45, 2.75) is 33.7 Å². The molecule has 0 aliphatic carbocycles. The van der Waals surface area contributed by atoms with E-state index in [1.54, 1.807) is 31.4 Å². The van der Waals surface area contributed by atoms with Gasteiger partial charge < -0.3 is 14.6 Å². The number of hydrogen-bond acceptors (Lipinski definition) is 5. The molecule has 1 unspecified atom stereocenters. The lowest BCUT2D eigenvalue weighted by Crippen LogP contribution is -2.29. The second kappa shape index (κ2) is 9.66. The number of aliphatic hydroxyl groups is 1. The van der Waals surface area contributed by atoms with Crippen molar-refractivity contribution in [3.05, 3.63) is 94.1 Å². The molecule has 1 atom stereocenters. The second-order valence-electron chi connectivity index (χ2n) is 8.67. The minimum absolute atomic E-state index is 0.0396. The van der Waals surface area contributed by atoms with E-state index < -0.39 is 17.7 Å². The number of amides is 1. The Morgan fingerprint density at radius 2 is 1.69 bits per heavy atom. The first-order valence-electron chi connectivity index (χ1n) is 11.5. The fourth-order valence-corrected chi connectivity index (χ4v) is 4.46. The normalized spacial score (nSPS) is 17.1. The van der Waals surface area contributed by atoms with E-state index >= 15 is 0 Å². The Kier molecular flexibility index (Phi) is 6.65. The average molecular weight is 472 g/mol. The van der Waals surface area contributed by atoms with E-state index in [-0.39, 0.29) is 11.3 Å². The summed E-state index contributed by atoms with van der Waals surface area (Å²) in [5, 5.41) is 11.5. The van der Waals surface area contributed by atoms with Crippen LogP contribution in [0.1, 0.15) is 40.8 Å². The fraction of sp³-hybridized carbons (Fsp3) is 0.241. The Labute approximate surface area is 205 Å². The average Bonchev–Trinajstić information content (AvgIpc) is 3.10. The van der Waals surface area contributed by atoms with Crippen molar-refractivity contribution < 1.29 is 24.2 Å². The summed E-state index contributed by atoms with van der Waals surface area (Å²) in [5.74, 6) is -0.588. The minimum Gasteiger partial charge on any atom is -0.507 e. The molecule has 0 bridgehead atoms. The molecule has 1 amide bonds. The number of anilines is 1. The Hall–Kier alpha value is -4.06. The van der Waals surface area contributed by atoms with E-state index in [0.29, 0.717) is 34.9 Å². The molecule has 1 aliphatic heterocycles. The van der Waals surface area contributed by atoms with Gasteiger partial charge in [-0.15, -0.1) is 0 Å². The van der Waals surface area contributed by atoms with Gasteiger partial charge in [0.25, 0.3) is 11.7 Å². The van der Waals surface area contributed by atoms with E-state index in [2.05, 4.69) is 0 Å². The number of carbonyl (C=O) groups is 2.